The molecular weight excluding hydrogens is 186 g/mol. The fourth-order valence-electron chi connectivity index (χ4n) is 1.74. The number of nitrogens with one attached hydrogen (secondary N) is 1. The summed E-state index contributed by atoms with van der Waals surface area (Å²) in [5.74, 6) is 0. The molecule has 1 aromatic rings. The molecule has 1 N–H and O–H groups in total. The van der Waals surface area contributed by atoms with Crippen molar-refractivity contribution >= 4 is 11.9 Å². The first-order valence-electron chi connectivity index (χ1n) is 4.89. The largest absolute Gasteiger partial charge is 0.375 e. The molecule has 0 aromatic carbocycles. The summed E-state index contributed by atoms with van der Waals surface area (Å²) in [6.07, 6.45) is 11.6. The zero-order valence-corrected chi connectivity index (χ0v) is 8.09. The molecule has 3 nitrogen and oxygen atoms in total. The van der Waals surface area contributed by atoms with E-state index in [0.29, 0.717) is 0 Å². The van der Waals surface area contributed by atoms with E-state index in [0.717, 1.165) is 11.3 Å². The Hall–Kier alpha value is -2.12. The van der Waals surface area contributed by atoms with Crippen LogP contribution in [0.2, 0.25) is 0 Å². The summed E-state index contributed by atoms with van der Waals surface area (Å²) in [4.78, 5) is 4.09. The maximum absolute atomic E-state index is 4.42. The van der Waals surface area contributed by atoms with Crippen LogP contribution < -0.4 is 9.98 Å². The maximum atomic E-state index is 4.42. The summed E-state index contributed by atoms with van der Waals surface area (Å²) in [6, 6.07) is 4.19. The molecule has 0 spiro atoms. The van der Waals surface area contributed by atoms with Crippen molar-refractivity contribution in [3.8, 4) is 0 Å². The number of fused-ring (bicyclic) bond motifs is 1. The van der Waals surface area contributed by atoms with Crippen LogP contribution in [0, 0.1) is 0 Å². The lowest BCUT2D eigenvalue weighted by Crippen LogP contribution is -2.27. The molecule has 2 aliphatic rings. The smallest absolute Gasteiger partial charge is 0.335 e. The van der Waals surface area contributed by atoms with Gasteiger partial charge in [0.1, 0.15) is 6.04 Å². The monoisotopic (exact) mass is 196 g/mol. The van der Waals surface area contributed by atoms with Gasteiger partial charge in [0.15, 0.2) is 0 Å². The molecule has 0 fully saturated rings. The van der Waals surface area contributed by atoms with Gasteiger partial charge in [-0.2, -0.15) is 0 Å². The summed E-state index contributed by atoms with van der Waals surface area (Å²) in [5, 5.41) is 3.20. The van der Waals surface area contributed by atoms with E-state index < -0.39 is 0 Å². The van der Waals surface area contributed by atoms with Crippen LogP contribution in [0.3, 0.4) is 0 Å². The van der Waals surface area contributed by atoms with Crippen LogP contribution >= 0.6 is 0 Å². The zero-order valence-electron chi connectivity index (χ0n) is 8.09. The number of pyridine rings is 1. The average molecular weight is 196 g/mol. The predicted octanol–water partition coefficient (Wildman–Crippen LogP) is 0.434. The van der Waals surface area contributed by atoms with Crippen LogP contribution in [0.1, 0.15) is 5.56 Å². The second-order valence-corrected chi connectivity index (χ2v) is 3.53. The number of hydrogen-bond acceptors (Lipinski definition) is 2. The van der Waals surface area contributed by atoms with Gasteiger partial charge in [0.2, 0.25) is 0 Å². The highest BCUT2D eigenvalue weighted by molar-refractivity contribution is 6.11. The highest BCUT2D eigenvalue weighted by Gasteiger charge is 2.24. The van der Waals surface area contributed by atoms with Gasteiger partial charge < -0.3 is 5.32 Å². The lowest BCUT2D eigenvalue weighted by Gasteiger charge is -2.03. The number of rotatable bonds is 1. The van der Waals surface area contributed by atoms with Crippen molar-refractivity contribution in [2.24, 2.45) is 0 Å². The first-order chi connectivity index (χ1) is 7.43. The second-order valence-electron chi connectivity index (χ2n) is 3.53. The van der Waals surface area contributed by atoms with Gasteiger partial charge in [-0.1, -0.05) is 4.67 Å². The molecule has 0 aliphatic carbocycles. The van der Waals surface area contributed by atoms with Gasteiger partial charge in [0, 0.05) is 18.5 Å². The zero-order chi connectivity index (χ0) is 10.1. The van der Waals surface area contributed by atoms with Crippen molar-refractivity contribution in [1.29, 1.82) is 0 Å². The van der Waals surface area contributed by atoms with Crippen molar-refractivity contribution in [3.05, 3.63) is 54.0 Å². The SMILES string of the molecule is C1=CC2=CC(c3cccnc3)=[N+]=CC2N1. The molecule has 3 rings (SSSR count). The molecule has 72 valence electrons. The normalized spacial score (nSPS) is 21.7. The Labute approximate surface area is 87.6 Å². The molecule has 15 heavy (non-hydrogen) atoms. The van der Waals surface area contributed by atoms with E-state index in [2.05, 4.69) is 27.1 Å². The fraction of sp³-hybridized carbons (Fsp3) is 0.0833. The van der Waals surface area contributed by atoms with Gasteiger partial charge in [-0.05, 0) is 30.0 Å². The average Bonchev–Trinajstić information content (AvgIpc) is 2.77. The lowest BCUT2D eigenvalue weighted by molar-refractivity contribution is 0.901. The highest BCUT2D eigenvalue weighted by atomic mass is 14.9. The molecule has 1 aromatic heterocycles. The molecule has 3 heterocycles. The van der Waals surface area contributed by atoms with Crippen molar-refractivity contribution in [2.75, 3.05) is 0 Å². The third kappa shape index (κ3) is 1.39. The van der Waals surface area contributed by atoms with Crippen molar-refractivity contribution in [1.82, 2.24) is 15.0 Å². The minimum Gasteiger partial charge on any atom is -0.375 e. The summed E-state index contributed by atoms with van der Waals surface area (Å²) in [6.45, 7) is 0. The minimum atomic E-state index is 0.255. The van der Waals surface area contributed by atoms with Crippen LogP contribution in [-0.4, -0.2) is 23.0 Å². The molecule has 0 saturated heterocycles. The Morgan fingerprint density at radius 1 is 1.40 bits per heavy atom. The van der Waals surface area contributed by atoms with Crippen LogP contribution in [0.25, 0.3) is 0 Å². The van der Waals surface area contributed by atoms with Crippen LogP contribution in [0.5, 0.6) is 0 Å². The van der Waals surface area contributed by atoms with E-state index in [1.807, 2.05) is 30.7 Å². The maximum Gasteiger partial charge on any atom is 0.335 e. The van der Waals surface area contributed by atoms with Gasteiger partial charge in [-0.25, -0.2) is 0 Å². The highest BCUT2D eigenvalue weighted by Crippen LogP contribution is 2.12. The second kappa shape index (κ2) is 3.23. The van der Waals surface area contributed by atoms with Crippen LogP contribution in [0.15, 0.2) is 48.5 Å². The standard InChI is InChI=1S/C12H9N3/c1-2-10(7-13-4-1)11-6-9-3-5-14-12(9)8-15-11/h1-8,12H/p+1. The van der Waals surface area contributed by atoms with Crippen molar-refractivity contribution in [2.45, 2.75) is 6.04 Å². The van der Waals surface area contributed by atoms with Gasteiger partial charge in [0.05, 0.1) is 5.56 Å². The third-order valence-corrected chi connectivity index (χ3v) is 2.53. The molecule has 1 atom stereocenters. The Morgan fingerprint density at radius 2 is 2.40 bits per heavy atom. The van der Waals surface area contributed by atoms with Gasteiger partial charge in [0.25, 0.3) is 6.21 Å². The molecule has 2 aliphatic heterocycles. The molecule has 1 unspecified atom stereocenters. The van der Waals surface area contributed by atoms with E-state index in [4.69, 9.17) is 0 Å². The van der Waals surface area contributed by atoms with E-state index in [1.165, 1.54) is 5.57 Å². The Balaban J connectivity index is 2.06. The lowest BCUT2D eigenvalue weighted by atomic mass is 10.0. The summed E-state index contributed by atoms with van der Waals surface area (Å²) < 4.78 is 4.42. The van der Waals surface area contributed by atoms with Crippen LogP contribution in [-0.2, 0) is 0 Å². The first kappa shape index (κ1) is 8.21. The number of allylic oxidation sites excluding steroid dienone is 1. The summed E-state index contributed by atoms with van der Waals surface area (Å²) in [5.41, 5.74) is 3.28. The molecular formula is C12H10N3+. The molecule has 0 radical (unpaired) electrons. The van der Waals surface area contributed by atoms with E-state index in [9.17, 15) is 0 Å². The molecule has 0 bridgehead atoms. The molecule has 0 saturated carbocycles. The quantitative estimate of drug-likeness (QED) is 0.662. The summed E-state index contributed by atoms with van der Waals surface area (Å²) >= 11 is 0. The van der Waals surface area contributed by atoms with Crippen molar-refractivity contribution < 1.29 is 0 Å². The van der Waals surface area contributed by atoms with Crippen LogP contribution in [0.4, 0.5) is 0 Å². The topological polar surface area (TPSA) is 39.0 Å². The Kier molecular flexibility index (Phi) is 1.77. The van der Waals surface area contributed by atoms with E-state index >= 15 is 0 Å². The van der Waals surface area contributed by atoms with Gasteiger partial charge >= 0.3 is 5.71 Å². The van der Waals surface area contributed by atoms with Crippen molar-refractivity contribution in [3.63, 3.8) is 0 Å². The molecule has 3 heteroatoms. The summed E-state index contributed by atoms with van der Waals surface area (Å²) in [7, 11) is 0. The minimum absolute atomic E-state index is 0.255. The molecule has 0 amide bonds. The number of aromatic nitrogens is 1. The number of hydrogen-bond donors (Lipinski definition) is 1. The number of nitrogens with zero attached hydrogens (tertiary/aromatic N) is 2. The van der Waals surface area contributed by atoms with Gasteiger partial charge in [-0.3, -0.25) is 4.98 Å². The van der Waals surface area contributed by atoms with E-state index in [1.54, 1.807) is 6.20 Å². The Morgan fingerprint density at radius 3 is 3.27 bits per heavy atom. The predicted molar refractivity (Wildman–Crippen MR) is 60.7 cm³/mol. The Bertz CT molecular complexity index is 505. The first-order valence-corrected chi connectivity index (χ1v) is 4.89. The fourth-order valence-corrected chi connectivity index (χ4v) is 1.74. The van der Waals surface area contributed by atoms with E-state index in [-0.39, 0.29) is 6.04 Å². The third-order valence-electron chi connectivity index (χ3n) is 2.53. The van der Waals surface area contributed by atoms with Gasteiger partial charge in [-0.15, -0.1) is 0 Å².